The van der Waals surface area contributed by atoms with E-state index in [1.165, 1.54) is 5.56 Å². The minimum Gasteiger partial charge on any atom is -0.343 e. The van der Waals surface area contributed by atoms with Gasteiger partial charge < -0.3 is 4.98 Å². The number of nitrogens with zero attached hydrogens (tertiary/aromatic N) is 2. The molecule has 0 aromatic carbocycles. The fourth-order valence-electron chi connectivity index (χ4n) is 1.25. The highest BCUT2D eigenvalue weighted by Crippen LogP contribution is 2.12. The highest BCUT2D eigenvalue weighted by Gasteiger charge is 2.00. The second-order valence-corrected chi connectivity index (χ2v) is 2.68. The molecule has 0 aliphatic rings. The number of imidazole rings is 1. The maximum atomic E-state index is 4.25. The molecule has 0 saturated heterocycles. The van der Waals surface area contributed by atoms with Crippen LogP contribution in [0.15, 0.2) is 12.4 Å². The van der Waals surface area contributed by atoms with Crippen molar-refractivity contribution in [2.45, 2.75) is 13.8 Å². The monoisotopic (exact) mass is 147 g/mol. The lowest BCUT2D eigenvalue weighted by molar-refractivity contribution is 1.21. The lowest BCUT2D eigenvalue weighted by Gasteiger charge is -1.95. The van der Waals surface area contributed by atoms with Crippen LogP contribution in [0.2, 0.25) is 0 Å². The van der Waals surface area contributed by atoms with Gasteiger partial charge in [0.2, 0.25) is 0 Å². The summed E-state index contributed by atoms with van der Waals surface area (Å²) in [6.45, 7) is 4.02. The highest BCUT2D eigenvalue weighted by atomic mass is 15.0. The van der Waals surface area contributed by atoms with E-state index >= 15 is 0 Å². The van der Waals surface area contributed by atoms with Crippen molar-refractivity contribution in [3.63, 3.8) is 0 Å². The molecule has 3 heteroatoms. The first-order valence-electron chi connectivity index (χ1n) is 3.55. The molecule has 0 spiro atoms. The molecule has 0 fully saturated rings. The Kier molecular flexibility index (Phi) is 1.18. The van der Waals surface area contributed by atoms with Gasteiger partial charge in [-0.15, -0.1) is 0 Å². The molecular formula is C8H9N3. The Hall–Kier alpha value is -1.38. The molecule has 2 aromatic rings. The van der Waals surface area contributed by atoms with Gasteiger partial charge in [0.25, 0.3) is 0 Å². The van der Waals surface area contributed by atoms with Gasteiger partial charge in [0.15, 0.2) is 5.65 Å². The Morgan fingerprint density at radius 1 is 1.36 bits per heavy atom. The normalized spacial score (nSPS) is 10.7. The van der Waals surface area contributed by atoms with E-state index in [0.717, 1.165) is 16.9 Å². The van der Waals surface area contributed by atoms with Crippen LogP contribution >= 0.6 is 0 Å². The summed E-state index contributed by atoms with van der Waals surface area (Å²) in [6, 6.07) is 2.04. The second kappa shape index (κ2) is 2.05. The Balaban J connectivity index is 2.91. The van der Waals surface area contributed by atoms with Crippen molar-refractivity contribution < 1.29 is 0 Å². The summed E-state index contributed by atoms with van der Waals surface area (Å²) in [5.74, 6) is 0. The van der Waals surface area contributed by atoms with E-state index in [1.807, 2.05) is 13.0 Å². The van der Waals surface area contributed by atoms with Crippen LogP contribution < -0.4 is 0 Å². The van der Waals surface area contributed by atoms with E-state index in [0.29, 0.717) is 0 Å². The Bertz CT molecular complexity index is 389. The zero-order valence-corrected chi connectivity index (χ0v) is 6.55. The molecule has 0 unspecified atom stereocenters. The fraction of sp³-hybridized carbons (Fsp3) is 0.250. The van der Waals surface area contributed by atoms with Crippen molar-refractivity contribution in [2.24, 2.45) is 0 Å². The van der Waals surface area contributed by atoms with Gasteiger partial charge in [-0.2, -0.15) is 0 Å². The third kappa shape index (κ3) is 0.888. The molecular weight excluding hydrogens is 138 g/mol. The van der Waals surface area contributed by atoms with Crippen LogP contribution in [0.1, 0.15) is 11.3 Å². The number of H-pyrrole nitrogens is 1. The molecule has 0 saturated carbocycles. The largest absolute Gasteiger partial charge is 0.343 e. The minimum absolute atomic E-state index is 0.808. The average molecular weight is 147 g/mol. The first-order valence-corrected chi connectivity index (χ1v) is 3.55. The van der Waals surface area contributed by atoms with Gasteiger partial charge in [0.05, 0.1) is 11.8 Å². The highest BCUT2D eigenvalue weighted by molar-refractivity contribution is 5.73. The number of aromatic nitrogens is 3. The summed E-state index contributed by atoms with van der Waals surface area (Å²) >= 11 is 0. The van der Waals surface area contributed by atoms with Crippen molar-refractivity contribution in [1.29, 1.82) is 0 Å². The average Bonchev–Trinajstić information content (AvgIpc) is 2.34. The lowest BCUT2D eigenvalue weighted by atomic mass is 10.2. The summed E-state index contributed by atoms with van der Waals surface area (Å²) in [7, 11) is 0. The number of fused-ring (bicyclic) bond motifs is 1. The molecule has 11 heavy (non-hydrogen) atoms. The van der Waals surface area contributed by atoms with Gasteiger partial charge in [-0.25, -0.2) is 9.97 Å². The van der Waals surface area contributed by atoms with Gasteiger partial charge in [-0.05, 0) is 25.5 Å². The fourth-order valence-corrected chi connectivity index (χ4v) is 1.25. The van der Waals surface area contributed by atoms with Gasteiger partial charge in [-0.1, -0.05) is 0 Å². The van der Waals surface area contributed by atoms with E-state index in [1.54, 1.807) is 6.33 Å². The quantitative estimate of drug-likeness (QED) is 0.614. The van der Waals surface area contributed by atoms with Crippen LogP contribution in [0.4, 0.5) is 0 Å². The van der Waals surface area contributed by atoms with E-state index in [2.05, 4.69) is 21.9 Å². The van der Waals surface area contributed by atoms with Crippen LogP contribution in [0, 0.1) is 13.8 Å². The first-order chi connectivity index (χ1) is 5.27. The molecule has 1 N–H and O–H groups in total. The SMILES string of the molecule is Cc1cc(C)c2[nH]cnc2n1. The lowest BCUT2D eigenvalue weighted by Crippen LogP contribution is -1.85. The molecule has 0 aliphatic heterocycles. The summed E-state index contributed by atoms with van der Waals surface area (Å²) in [5.41, 5.74) is 4.06. The molecule has 2 heterocycles. The number of nitrogens with one attached hydrogen (secondary N) is 1. The summed E-state index contributed by atoms with van der Waals surface area (Å²) in [5, 5.41) is 0. The van der Waals surface area contributed by atoms with Crippen molar-refractivity contribution in [2.75, 3.05) is 0 Å². The smallest absolute Gasteiger partial charge is 0.177 e. The third-order valence-electron chi connectivity index (χ3n) is 1.72. The molecule has 2 aromatic heterocycles. The van der Waals surface area contributed by atoms with Crippen molar-refractivity contribution >= 4 is 11.2 Å². The summed E-state index contributed by atoms with van der Waals surface area (Å²) in [4.78, 5) is 11.4. The molecule has 0 amide bonds. The van der Waals surface area contributed by atoms with Crippen LogP contribution in [-0.2, 0) is 0 Å². The topological polar surface area (TPSA) is 41.6 Å². The minimum atomic E-state index is 0.808. The van der Waals surface area contributed by atoms with E-state index in [4.69, 9.17) is 0 Å². The first kappa shape index (κ1) is 6.34. The predicted octanol–water partition coefficient (Wildman–Crippen LogP) is 1.57. The van der Waals surface area contributed by atoms with Crippen molar-refractivity contribution in [3.8, 4) is 0 Å². The molecule has 2 rings (SSSR count). The summed E-state index contributed by atoms with van der Waals surface area (Å²) in [6.07, 6.45) is 1.67. The van der Waals surface area contributed by atoms with Crippen LogP contribution in [-0.4, -0.2) is 15.0 Å². The number of hydrogen-bond donors (Lipinski definition) is 1. The number of pyridine rings is 1. The van der Waals surface area contributed by atoms with Gasteiger partial charge in [0.1, 0.15) is 0 Å². The van der Waals surface area contributed by atoms with Crippen molar-refractivity contribution in [3.05, 3.63) is 23.7 Å². The maximum Gasteiger partial charge on any atom is 0.177 e. The summed E-state index contributed by atoms with van der Waals surface area (Å²) < 4.78 is 0. The zero-order valence-electron chi connectivity index (χ0n) is 6.55. The number of aryl methyl sites for hydroxylation is 2. The Morgan fingerprint density at radius 2 is 2.18 bits per heavy atom. The Morgan fingerprint density at radius 3 is 3.00 bits per heavy atom. The van der Waals surface area contributed by atoms with E-state index in [9.17, 15) is 0 Å². The van der Waals surface area contributed by atoms with Crippen LogP contribution in [0.25, 0.3) is 11.2 Å². The molecule has 3 nitrogen and oxygen atoms in total. The second-order valence-electron chi connectivity index (χ2n) is 2.68. The molecule has 0 radical (unpaired) electrons. The van der Waals surface area contributed by atoms with Crippen LogP contribution in [0.3, 0.4) is 0 Å². The third-order valence-corrected chi connectivity index (χ3v) is 1.72. The number of rotatable bonds is 0. The van der Waals surface area contributed by atoms with Gasteiger partial charge in [-0.3, -0.25) is 0 Å². The van der Waals surface area contributed by atoms with Gasteiger partial charge in [0, 0.05) is 5.69 Å². The standard InChI is InChI=1S/C8H9N3/c1-5-3-6(2)11-8-7(5)9-4-10-8/h3-4H,1-2H3,(H,9,10,11). The zero-order chi connectivity index (χ0) is 7.84. The number of hydrogen-bond acceptors (Lipinski definition) is 2. The molecule has 0 atom stereocenters. The molecule has 56 valence electrons. The van der Waals surface area contributed by atoms with Gasteiger partial charge >= 0.3 is 0 Å². The Labute approximate surface area is 64.5 Å². The van der Waals surface area contributed by atoms with Crippen molar-refractivity contribution in [1.82, 2.24) is 15.0 Å². The maximum absolute atomic E-state index is 4.25. The van der Waals surface area contributed by atoms with E-state index in [-0.39, 0.29) is 0 Å². The molecule has 0 aliphatic carbocycles. The van der Waals surface area contributed by atoms with E-state index < -0.39 is 0 Å². The number of aromatic amines is 1. The molecule has 0 bridgehead atoms. The predicted molar refractivity (Wildman–Crippen MR) is 43.4 cm³/mol. The van der Waals surface area contributed by atoms with Crippen LogP contribution in [0.5, 0.6) is 0 Å².